The Morgan fingerprint density at radius 1 is 1.54 bits per heavy atom. The van der Waals surface area contributed by atoms with Gasteiger partial charge in [0.25, 0.3) is 0 Å². The smallest absolute Gasteiger partial charge is 0.0615 e. The number of methoxy groups -OCH3 is 1. The molecule has 1 aliphatic carbocycles. The average molecular weight is 186 g/mol. The summed E-state index contributed by atoms with van der Waals surface area (Å²) in [5.74, 6) is 0. The van der Waals surface area contributed by atoms with Gasteiger partial charge in [0.05, 0.1) is 6.61 Å². The fourth-order valence-electron chi connectivity index (χ4n) is 1.32. The molecule has 0 aromatic rings. The SMILES string of the molecule is COCC(C)N(C)CCNC1CC1. The van der Waals surface area contributed by atoms with E-state index in [-0.39, 0.29) is 0 Å². The summed E-state index contributed by atoms with van der Waals surface area (Å²) in [6.45, 7) is 5.23. The van der Waals surface area contributed by atoms with E-state index in [0.29, 0.717) is 6.04 Å². The van der Waals surface area contributed by atoms with Gasteiger partial charge in [-0.2, -0.15) is 0 Å². The number of likely N-dealkylation sites (N-methyl/N-ethyl adjacent to an activating group) is 1. The molecule has 0 heterocycles. The maximum atomic E-state index is 5.10. The standard InChI is InChI=1S/C10H22N2O/c1-9(8-13-3)12(2)7-6-11-10-4-5-10/h9-11H,4-8H2,1-3H3. The van der Waals surface area contributed by atoms with Gasteiger partial charge in [0.2, 0.25) is 0 Å². The number of hydrogen-bond donors (Lipinski definition) is 1. The highest BCUT2D eigenvalue weighted by Crippen LogP contribution is 2.17. The molecule has 3 nitrogen and oxygen atoms in total. The zero-order chi connectivity index (χ0) is 9.68. The fourth-order valence-corrected chi connectivity index (χ4v) is 1.32. The summed E-state index contributed by atoms with van der Waals surface area (Å²) in [5, 5.41) is 3.50. The number of rotatable bonds is 7. The number of nitrogens with one attached hydrogen (secondary N) is 1. The molecule has 1 saturated carbocycles. The van der Waals surface area contributed by atoms with Gasteiger partial charge in [0.1, 0.15) is 0 Å². The summed E-state index contributed by atoms with van der Waals surface area (Å²) in [6.07, 6.45) is 2.74. The van der Waals surface area contributed by atoms with Crippen molar-refractivity contribution in [2.75, 3.05) is 33.9 Å². The number of nitrogens with zero attached hydrogens (tertiary/aromatic N) is 1. The van der Waals surface area contributed by atoms with Crippen molar-refractivity contribution in [3.8, 4) is 0 Å². The van der Waals surface area contributed by atoms with E-state index in [1.54, 1.807) is 7.11 Å². The molecule has 1 unspecified atom stereocenters. The minimum Gasteiger partial charge on any atom is -0.383 e. The lowest BCUT2D eigenvalue weighted by molar-refractivity contribution is 0.116. The van der Waals surface area contributed by atoms with E-state index < -0.39 is 0 Å². The third-order valence-corrected chi connectivity index (χ3v) is 2.64. The van der Waals surface area contributed by atoms with Gasteiger partial charge in [-0.3, -0.25) is 0 Å². The second kappa shape index (κ2) is 5.58. The Morgan fingerprint density at radius 3 is 2.77 bits per heavy atom. The molecule has 3 heteroatoms. The zero-order valence-corrected chi connectivity index (χ0v) is 9.05. The van der Waals surface area contributed by atoms with E-state index in [4.69, 9.17) is 4.74 Å². The fraction of sp³-hybridized carbons (Fsp3) is 1.00. The van der Waals surface area contributed by atoms with Gasteiger partial charge in [0.15, 0.2) is 0 Å². The van der Waals surface area contributed by atoms with Gasteiger partial charge < -0.3 is 15.0 Å². The Balaban J connectivity index is 1.97. The van der Waals surface area contributed by atoms with E-state index in [1.165, 1.54) is 12.8 Å². The van der Waals surface area contributed by atoms with Crippen molar-refractivity contribution in [2.45, 2.75) is 31.8 Å². The molecular weight excluding hydrogens is 164 g/mol. The molecule has 1 atom stereocenters. The van der Waals surface area contributed by atoms with Crippen LogP contribution < -0.4 is 5.32 Å². The Kier molecular flexibility index (Phi) is 4.70. The molecule has 0 radical (unpaired) electrons. The van der Waals surface area contributed by atoms with E-state index in [1.807, 2.05) is 0 Å². The van der Waals surface area contributed by atoms with Crippen LogP contribution in [0.4, 0.5) is 0 Å². The Bertz CT molecular complexity index is 137. The summed E-state index contributed by atoms with van der Waals surface area (Å²) < 4.78 is 5.10. The quantitative estimate of drug-likeness (QED) is 0.633. The van der Waals surface area contributed by atoms with Crippen LogP contribution in [0.3, 0.4) is 0 Å². The van der Waals surface area contributed by atoms with Gasteiger partial charge in [-0.1, -0.05) is 0 Å². The lowest BCUT2D eigenvalue weighted by atomic mass is 10.3. The molecule has 0 bridgehead atoms. The van der Waals surface area contributed by atoms with Crippen molar-refractivity contribution in [1.29, 1.82) is 0 Å². The molecule has 0 aromatic heterocycles. The predicted octanol–water partition coefficient (Wildman–Crippen LogP) is 0.705. The minimum absolute atomic E-state index is 0.519. The number of ether oxygens (including phenoxy) is 1. The van der Waals surface area contributed by atoms with Gasteiger partial charge in [-0.05, 0) is 26.8 Å². The maximum absolute atomic E-state index is 5.10. The summed E-state index contributed by atoms with van der Waals surface area (Å²) in [4.78, 5) is 2.33. The monoisotopic (exact) mass is 186 g/mol. The molecule has 0 amide bonds. The summed E-state index contributed by atoms with van der Waals surface area (Å²) >= 11 is 0. The molecule has 1 aliphatic rings. The highest BCUT2D eigenvalue weighted by atomic mass is 16.5. The first-order chi connectivity index (χ1) is 6.24. The largest absolute Gasteiger partial charge is 0.383 e. The number of hydrogen-bond acceptors (Lipinski definition) is 3. The van der Waals surface area contributed by atoms with Crippen LogP contribution in [0.5, 0.6) is 0 Å². The van der Waals surface area contributed by atoms with Crippen molar-refractivity contribution in [1.82, 2.24) is 10.2 Å². The second-order valence-corrected chi connectivity index (χ2v) is 4.01. The first-order valence-electron chi connectivity index (χ1n) is 5.16. The molecule has 13 heavy (non-hydrogen) atoms. The maximum Gasteiger partial charge on any atom is 0.0615 e. The predicted molar refractivity (Wildman–Crippen MR) is 55.0 cm³/mol. The Hall–Kier alpha value is -0.120. The molecule has 0 spiro atoms. The lowest BCUT2D eigenvalue weighted by Crippen LogP contribution is -2.38. The van der Waals surface area contributed by atoms with Crippen LogP contribution in [0.25, 0.3) is 0 Å². The third kappa shape index (κ3) is 4.60. The molecule has 0 saturated heterocycles. The molecule has 0 aliphatic heterocycles. The highest BCUT2D eigenvalue weighted by molar-refractivity contribution is 4.81. The molecule has 0 aromatic carbocycles. The normalized spacial score (nSPS) is 19.4. The average Bonchev–Trinajstić information content (AvgIpc) is 2.88. The Labute approximate surface area is 81.4 Å². The van der Waals surface area contributed by atoms with Crippen LogP contribution in [0, 0.1) is 0 Å². The third-order valence-electron chi connectivity index (χ3n) is 2.64. The zero-order valence-electron chi connectivity index (χ0n) is 9.05. The van der Waals surface area contributed by atoms with Crippen molar-refractivity contribution < 1.29 is 4.74 Å². The van der Waals surface area contributed by atoms with Crippen molar-refractivity contribution in [2.24, 2.45) is 0 Å². The first kappa shape index (κ1) is 11.0. The molecule has 1 rings (SSSR count). The van der Waals surface area contributed by atoms with Gasteiger partial charge >= 0.3 is 0 Å². The summed E-state index contributed by atoms with van der Waals surface area (Å²) in [7, 11) is 3.91. The van der Waals surface area contributed by atoms with E-state index in [2.05, 4.69) is 24.2 Å². The van der Waals surface area contributed by atoms with Gasteiger partial charge in [-0.15, -0.1) is 0 Å². The minimum atomic E-state index is 0.519. The van der Waals surface area contributed by atoms with Crippen LogP contribution in [0.1, 0.15) is 19.8 Å². The van der Waals surface area contributed by atoms with Crippen LogP contribution in [-0.2, 0) is 4.74 Å². The molecule has 78 valence electrons. The van der Waals surface area contributed by atoms with Crippen LogP contribution in [-0.4, -0.2) is 50.8 Å². The summed E-state index contributed by atoms with van der Waals surface area (Å²) in [5.41, 5.74) is 0. The van der Waals surface area contributed by atoms with E-state index in [9.17, 15) is 0 Å². The van der Waals surface area contributed by atoms with Crippen molar-refractivity contribution in [3.63, 3.8) is 0 Å². The van der Waals surface area contributed by atoms with Crippen LogP contribution >= 0.6 is 0 Å². The van der Waals surface area contributed by atoms with Gasteiger partial charge in [-0.25, -0.2) is 0 Å². The topological polar surface area (TPSA) is 24.5 Å². The van der Waals surface area contributed by atoms with Gasteiger partial charge in [0, 0.05) is 32.3 Å². The summed E-state index contributed by atoms with van der Waals surface area (Å²) in [6, 6.07) is 1.34. The molecule has 1 N–H and O–H groups in total. The second-order valence-electron chi connectivity index (χ2n) is 4.01. The van der Waals surface area contributed by atoms with Crippen molar-refractivity contribution in [3.05, 3.63) is 0 Å². The highest BCUT2D eigenvalue weighted by Gasteiger charge is 2.20. The molecular formula is C10H22N2O. The van der Waals surface area contributed by atoms with E-state index in [0.717, 1.165) is 25.7 Å². The first-order valence-corrected chi connectivity index (χ1v) is 5.16. The van der Waals surface area contributed by atoms with E-state index >= 15 is 0 Å². The lowest BCUT2D eigenvalue weighted by Gasteiger charge is -2.23. The van der Waals surface area contributed by atoms with Crippen LogP contribution in [0.15, 0.2) is 0 Å². The van der Waals surface area contributed by atoms with Crippen LogP contribution in [0.2, 0.25) is 0 Å². The van der Waals surface area contributed by atoms with Crippen molar-refractivity contribution >= 4 is 0 Å². The molecule has 1 fully saturated rings. The Morgan fingerprint density at radius 2 is 2.23 bits per heavy atom.